The molecular weight excluding hydrogens is 283 g/mol. The summed E-state index contributed by atoms with van der Waals surface area (Å²) in [5.41, 5.74) is 0.237. The molecule has 1 heterocycles. The second-order valence-corrected chi connectivity index (χ2v) is 6.22. The number of halogens is 2. The van der Waals surface area contributed by atoms with Crippen molar-refractivity contribution in [1.29, 1.82) is 0 Å². The second-order valence-electron chi connectivity index (χ2n) is 5.37. The minimum Gasteiger partial charge on any atom is -0.389 e. The highest BCUT2D eigenvalue weighted by Crippen LogP contribution is 2.33. The molecule has 19 heavy (non-hydrogen) atoms. The van der Waals surface area contributed by atoms with Crippen molar-refractivity contribution >= 4 is 23.2 Å². The second kappa shape index (κ2) is 6.45. The molecule has 4 heteroatoms. The Morgan fingerprint density at radius 3 is 2.89 bits per heavy atom. The molecule has 2 nitrogen and oxygen atoms in total. The summed E-state index contributed by atoms with van der Waals surface area (Å²) in [6.45, 7) is 2.75. The molecule has 0 spiro atoms. The summed E-state index contributed by atoms with van der Waals surface area (Å²) in [6, 6.07) is 5.44. The van der Waals surface area contributed by atoms with Gasteiger partial charge in [0.25, 0.3) is 0 Å². The Labute approximate surface area is 124 Å². The average Bonchev–Trinajstić information content (AvgIpc) is 2.33. The van der Waals surface area contributed by atoms with Crippen LogP contribution in [0.2, 0.25) is 10.0 Å². The van der Waals surface area contributed by atoms with Crippen LogP contribution in [-0.4, -0.2) is 23.4 Å². The predicted molar refractivity (Wildman–Crippen MR) is 79.0 cm³/mol. The van der Waals surface area contributed by atoms with Crippen molar-refractivity contribution in [3.63, 3.8) is 0 Å². The molecule has 0 radical (unpaired) electrons. The molecule has 0 aromatic heterocycles. The van der Waals surface area contributed by atoms with Crippen LogP contribution in [0, 0.1) is 0 Å². The Morgan fingerprint density at radius 1 is 1.42 bits per heavy atom. The van der Waals surface area contributed by atoms with E-state index in [1.807, 2.05) is 12.1 Å². The molecule has 2 rings (SSSR count). The van der Waals surface area contributed by atoms with Crippen LogP contribution in [0.5, 0.6) is 0 Å². The Hall–Kier alpha value is -0.280. The first-order valence-electron chi connectivity index (χ1n) is 6.80. The van der Waals surface area contributed by atoms with Gasteiger partial charge in [-0.2, -0.15) is 0 Å². The summed E-state index contributed by atoms with van der Waals surface area (Å²) < 4.78 is 5.69. The summed E-state index contributed by atoms with van der Waals surface area (Å²) >= 11 is 12.1. The van der Waals surface area contributed by atoms with Gasteiger partial charge in [-0.15, -0.1) is 0 Å². The smallest absolute Gasteiger partial charge is 0.0735 e. The fourth-order valence-electron chi connectivity index (χ4n) is 2.69. The predicted octanol–water partition coefficient (Wildman–Crippen LogP) is 4.25. The van der Waals surface area contributed by atoms with Crippen molar-refractivity contribution in [3.05, 3.63) is 33.8 Å². The molecule has 0 bridgehead atoms. The molecule has 1 fully saturated rings. The van der Waals surface area contributed by atoms with Gasteiger partial charge in [-0.05, 0) is 30.5 Å². The number of aliphatic hydroxyl groups is 1. The fraction of sp³-hybridized carbons (Fsp3) is 0.600. The monoisotopic (exact) mass is 302 g/mol. The SMILES string of the molecule is CCCC1CC(O)(Cc2ccc(Cl)cc2Cl)CCO1. The third-order valence-corrected chi connectivity index (χ3v) is 4.26. The molecule has 1 aliphatic heterocycles. The van der Waals surface area contributed by atoms with Gasteiger partial charge in [0, 0.05) is 29.5 Å². The molecule has 0 aliphatic carbocycles. The summed E-state index contributed by atoms with van der Waals surface area (Å²) in [7, 11) is 0. The summed E-state index contributed by atoms with van der Waals surface area (Å²) in [5.74, 6) is 0. The van der Waals surface area contributed by atoms with E-state index in [2.05, 4.69) is 6.92 Å². The Morgan fingerprint density at radius 2 is 2.21 bits per heavy atom. The summed E-state index contributed by atoms with van der Waals surface area (Å²) in [6.07, 6.45) is 4.13. The first-order chi connectivity index (χ1) is 9.02. The zero-order valence-corrected chi connectivity index (χ0v) is 12.7. The van der Waals surface area contributed by atoms with Crippen LogP contribution in [0.4, 0.5) is 0 Å². The lowest BCUT2D eigenvalue weighted by Gasteiger charge is -2.37. The Kier molecular flexibility index (Phi) is 5.13. The van der Waals surface area contributed by atoms with E-state index in [4.69, 9.17) is 27.9 Å². The lowest BCUT2D eigenvalue weighted by molar-refractivity contribution is -0.104. The molecule has 1 saturated heterocycles. The van der Waals surface area contributed by atoms with Crippen molar-refractivity contribution in [2.45, 2.75) is 50.7 Å². The third kappa shape index (κ3) is 4.09. The number of hydrogen-bond donors (Lipinski definition) is 1. The highest BCUT2D eigenvalue weighted by Gasteiger charge is 2.35. The highest BCUT2D eigenvalue weighted by atomic mass is 35.5. The number of ether oxygens (including phenoxy) is 1. The summed E-state index contributed by atoms with van der Waals surface area (Å²) in [5, 5.41) is 12.0. The van der Waals surface area contributed by atoms with Crippen LogP contribution in [0.1, 0.15) is 38.2 Å². The van der Waals surface area contributed by atoms with E-state index >= 15 is 0 Å². The van der Waals surface area contributed by atoms with Gasteiger partial charge >= 0.3 is 0 Å². The van der Waals surface area contributed by atoms with Gasteiger partial charge in [-0.1, -0.05) is 42.6 Å². The van der Waals surface area contributed by atoms with E-state index in [1.165, 1.54) is 0 Å². The first-order valence-corrected chi connectivity index (χ1v) is 7.56. The van der Waals surface area contributed by atoms with E-state index in [0.717, 1.165) is 18.4 Å². The van der Waals surface area contributed by atoms with Gasteiger partial charge in [0.15, 0.2) is 0 Å². The van der Waals surface area contributed by atoms with Crippen LogP contribution in [-0.2, 0) is 11.2 Å². The molecule has 0 saturated carbocycles. The molecule has 106 valence electrons. The topological polar surface area (TPSA) is 29.5 Å². The van der Waals surface area contributed by atoms with Crippen molar-refractivity contribution in [1.82, 2.24) is 0 Å². The van der Waals surface area contributed by atoms with Crippen molar-refractivity contribution in [2.75, 3.05) is 6.61 Å². The third-order valence-electron chi connectivity index (χ3n) is 3.67. The number of benzene rings is 1. The van der Waals surface area contributed by atoms with Crippen LogP contribution in [0.25, 0.3) is 0 Å². The average molecular weight is 303 g/mol. The minimum atomic E-state index is -0.713. The van der Waals surface area contributed by atoms with Crippen molar-refractivity contribution in [3.8, 4) is 0 Å². The van der Waals surface area contributed by atoms with E-state index in [-0.39, 0.29) is 6.10 Å². The molecule has 1 aromatic carbocycles. The zero-order chi connectivity index (χ0) is 13.9. The normalized spacial score (nSPS) is 27.5. The van der Waals surface area contributed by atoms with Gasteiger partial charge in [0.05, 0.1) is 11.7 Å². The van der Waals surface area contributed by atoms with Crippen molar-refractivity contribution in [2.24, 2.45) is 0 Å². The van der Waals surface area contributed by atoms with Gasteiger partial charge < -0.3 is 9.84 Å². The standard InChI is InChI=1S/C15H20Cl2O2/c1-2-3-13-10-15(18,6-7-19-13)9-11-4-5-12(16)8-14(11)17/h4-5,8,13,18H,2-3,6-7,9-10H2,1H3. The van der Waals surface area contributed by atoms with Crippen molar-refractivity contribution < 1.29 is 9.84 Å². The van der Waals surface area contributed by atoms with Crippen LogP contribution in [0.3, 0.4) is 0 Å². The van der Waals surface area contributed by atoms with E-state index in [0.29, 0.717) is 35.9 Å². The van der Waals surface area contributed by atoms with Gasteiger partial charge in [0.1, 0.15) is 0 Å². The van der Waals surface area contributed by atoms with Crippen LogP contribution < -0.4 is 0 Å². The van der Waals surface area contributed by atoms with E-state index in [9.17, 15) is 5.11 Å². The van der Waals surface area contributed by atoms with Gasteiger partial charge in [0.2, 0.25) is 0 Å². The van der Waals surface area contributed by atoms with E-state index in [1.54, 1.807) is 6.07 Å². The first kappa shape index (κ1) is 15.1. The molecular formula is C15H20Cl2O2. The quantitative estimate of drug-likeness (QED) is 0.901. The molecule has 2 atom stereocenters. The van der Waals surface area contributed by atoms with Gasteiger partial charge in [-0.25, -0.2) is 0 Å². The van der Waals surface area contributed by atoms with E-state index < -0.39 is 5.60 Å². The molecule has 0 amide bonds. The number of rotatable bonds is 4. The largest absolute Gasteiger partial charge is 0.389 e. The van der Waals surface area contributed by atoms with Crippen LogP contribution in [0.15, 0.2) is 18.2 Å². The van der Waals surface area contributed by atoms with Crippen LogP contribution >= 0.6 is 23.2 Å². The molecule has 1 aliphatic rings. The fourth-order valence-corrected chi connectivity index (χ4v) is 3.16. The molecule has 2 unspecified atom stereocenters. The summed E-state index contributed by atoms with van der Waals surface area (Å²) in [4.78, 5) is 0. The maximum atomic E-state index is 10.7. The maximum Gasteiger partial charge on any atom is 0.0735 e. The zero-order valence-electron chi connectivity index (χ0n) is 11.2. The maximum absolute atomic E-state index is 10.7. The lowest BCUT2D eigenvalue weighted by atomic mass is 9.83. The minimum absolute atomic E-state index is 0.162. The Balaban J connectivity index is 2.07. The number of hydrogen-bond acceptors (Lipinski definition) is 2. The Bertz CT molecular complexity index is 434. The molecule has 1 N–H and O–H groups in total. The highest BCUT2D eigenvalue weighted by molar-refractivity contribution is 6.35. The lowest BCUT2D eigenvalue weighted by Crippen LogP contribution is -2.42. The van der Waals surface area contributed by atoms with Gasteiger partial charge in [-0.3, -0.25) is 0 Å². The molecule has 1 aromatic rings.